The molecule has 7 nitrogen and oxygen atoms in total. The Labute approximate surface area is 162 Å². The molecule has 1 fully saturated rings. The molecule has 0 aromatic carbocycles. The van der Waals surface area contributed by atoms with Crippen LogP contribution in [0.25, 0.3) is 0 Å². The summed E-state index contributed by atoms with van der Waals surface area (Å²) in [5.74, 6) is -1.62. The van der Waals surface area contributed by atoms with Crippen molar-refractivity contribution in [2.24, 2.45) is 5.92 Å². The average molecular weight is 414 g/mol. The molecular formula is C17H17F3N4O3S. The Hall–Kier alpha value is -2.69. The highest BCUT2D eigenvalue weighted by atomic mass is 32.1. The number of piperidine rings is 1. The number of hydrogen-bond acceptors (Lipinski definition) is 7. The molecule has 1 aliphatic rings. The van der Waals surface area contributed by atoms with E-state index in [1.54, 1.807) is 0 Å². The molecule has 2 aromatic rings. The Bertz CT molecular complexity index is 871. The molecule has 3 rings (SSSR count). The molecule has 0 aliphatic carbocycles. The first-order valence-electron chi connectivity index (χ1n) is 8.41. The third kappa shape index (κ3) is 4.41. The quantitative estimate of drug-likeness (QED) is 0.774. The minimum atomic E-state index is -4.52. The lowest BCUT2D eigenvalue weighted by Crippen LogP contribution is -2.41. The Balaban J connectivity index is 1.71. The molecule has 0 spiro atoms. The van der Waals surface area contributed by atoms with Gasteiger partial charge >= 0.3 is 12.1 Å². The van der Waals surface area contributed by atoms with Crippen LogP contribution in [0, 0.1) is 5.92 Å². The summed E-state index contributed by atoms with van der Waals surface area (Å²) in [5.41, 5.74) is -0.821. The van der Waals surface area contributed by atoms with E-state index in [2.05, 4.69) is 20.0 Å². The number of anilines is 2. The van der Waals surface area contributed by atoms with Crippen molar-refractivity contribution in [3.63, 3.8) is 0 Å². The lowest BCUT2D eigenvalue weighted by molar-refractivity contribution is -0.137. The predicted octanol–water partition coefficient (Wildman–Crippen LogP) is 3.20. The number of amides is 1. The molecule has 1 atom stereocenters. The highest BCUT2D eigenvalue weighted by Crippen LogP contribution is 2.36. The largest absolute Gasteiger partial charge is 0.465 e. The second kappa shape index (κ2) is 8.13. The maximum Gasteiger partial charge on any atom is 0.419 e. The van der Waals surface area contributed by atoms with Gasteiger partial charge in [-0.05, 0) is 25.0 Å². The normalized spacial score (nSPS) is 17.3. The number of carbonyl (C=O) groups is 2. The number of halogens is 3. The van der Waals surface area contributed by atoms with Crippen LogP contribution in [0.5, 0.6) is 0 Å². The van der Waals surface area contributed by atoms with Crippen molar-refractivity contribution in [2.45, 2.75) is 19.0 Å². The molecule has 1 aliphatic heterocycles. The Morgan fingerprint density at radius 1 is 1.36 bits per heavy atom. The first kappa shape index (κ1) is 20.1. The Morgan fingerprint density at radius 3 is 2.86 bits per heavy atom. The van der Waals surface area contributed by atoms with Crippen LogP contribution in [0.2, 0.25) is 0 Å². The molecule has 0 bridgehead atoms. The summed E-state index contributed by atoms with van der Waals surface area (Å²) in [4.78, 5) is 33.6. The van der Waals surface area contributed by atoms with E-state index < -0.39 is 23.6 Å². The van der Waals surface area contributed by atoms with Gasteiger partial charge in [0.1, 0.15) is 10.7 Å². The minimum Gasteiger partial charge on any atom is -0.465 e. The van der Waals surface area contributed by atoms with Crippen molar-refractivity contribution in [1.82, 2.24) is 9.97 Å². The van der Waals surface area contributed by atoms with Crippen molar-refractivity contribution in [3.8, 4) is 0 Å². The maximum atomic E-state index is 13.3. The van der Waals surface area contributed by atoms with E-state index in [1.807, 2.05) is 0 Å². The fourth-order valence-corrected chi connectivity index (χ4v) is 3.73. The number of carbonyl (C=O) groups excluding carboxylic acids is 2. The van der Waals surface area contributed by atoms with E-state index in [0.717, 1.165) is 17.4 Å². The van der Waals surface area contributed by atoms with Gasteiger partial charge in [-0.1, -0.05) is 11.3 Å². The van der Waals surface area contributed by atoms with E-state index in [1.165, 1.54) is 30.5 Å². The summed E-state index contributed by atoms with van der Waals surface area (Å²) in [5, 5.41) is 2.85. The van der Waals surface area contributed by atoms with Crippen molar-refractivity contribution in [2.75, 3.05) is 30.4 Å². The number of methoxy groups -OCH3 is 1. The topological polar surface area (TPSA) is 84.4 Å². The molecular weight excluding hydrogens is 397 g/mol. The number of esters is 1. The molecule has 1 amide bonds. The summed E-state index contributed by atoms with van der Waals surface area (Å²) in [6.45, 7) is 0.495. The third-order valence-corrected chi connectivity index (χ3v) is 5.20. The summed E-state index contributed by atoms with van der Waals surface area (Å²) in [6, 6.07) is 2.22. The van der Waals surface area contributed by atoms with Crippen LogP contribution in [-0.2, 0) is 15.7 Å². The molecule has 3 heterocycles. The van der Waals surface area contributed by atoms with Gasteiger partial charge in [0.05, 0.1) is 24.8 Å². The van der Waals surface area contributed by atoms with Crippen LogP contribution >= 0.6 is 11.3 Å². The lowest BCUT2D eigenvalue weighted by Gasteiger charge is -2.34. The number of thiazole rings is 1. The van der Waals surface area contributed by atoms with E-state index >= 15 is 0 Å². The second-order valence-electron chi connectivity index (χ2n) is 6.17. The van der Waals surface area contributed by atoms with E-state index in [9.17, 15) is 22.8 Å². The van der Waals surface area contributed by atoms with Crippen LogP contribution in [-0.4, -0.2) is 42.0 Å². The molecule has 1 saturated heterocycles. The van der Waals surface area contributed by atoms with Gasteiger partial charge in [0.25, 0.3) is 0 Å². The Kier molecular flexibility index (Phi) is 5.82. The predicted molar refractivity (Wildman–Crippen MR) is 96.3 cm³/mol. The molecule has 0 unspecified atom stereocenters. The molecule has 2 aromatic heterocycles. The van der Waals surface area contributed by atoms with E-state index in [0.29, 0.717) is 19.4 Å². The number of ether oxygens (including phenoxy) is 1. The van der Waals surface area contributed by atoms with Crippen molar-refractivity contribution in [1.29, 1.82) is 0 Å². The zero-order chi connectivity index (χ0) is 20.3. The number of alkyl halides is 3. The SMILES string of the molecule is COC(=O)c1cnc(NC(=O)[C@H]2CCCN(c3ncccc3C(F)(F)F)C2)s1. The number of rotatable bonds is 4. The lowest BCUT2D eigenvalue weighted by atomic mass is 9.97. The number of hydrogen-bond donors (Lipinski definition) is 1. The van der Waals surface area contributed by atoms with Crippen LogP contribution in [0.15, 0.2) is 24.5 Å². The zero-order valence-electron chi connectivity index (χ0n) is 14.8. The highest BCUT2D eigenvalue weighted by molar-refractivity contribution is 7.17. The fraction of sp³-hybridized carbons (Fsp3) is 0.412. The standard InChI is InChI=1S/C17H17F3N4O3S/c1-27-15(26)12-8-22-16(28-12)23-14(25)10-4-3-7-24(9-10)13-11(17(18,19)20)5-2-6-21-13/h2,5-6,8,10H,3-4,7,9H2,1H3,(H,22,23,25)/t10-/m0/s1. The molecule has 11 heteroatoms. The van der Waals surface area contributed by atoms with E-state index in [4.69, 9.17) is 0 Å². The van der Waals surface area contributed by atoms with Crippen molar-refractivity contribution >= 4 is 34.2 Å². The van der Waals surface area contributed by atoms with Crippen molar-refractivity contribution in [3.05, 3.63) is 35.0 Å². The third-order valence-electron chi connectivity index (χ3n) is 4.31. The van der Waals surface area contributed by atoms with Gasteiger partial charge in [0.15, 0.2) is 5.13 Å². The van der Waals surface area contributed by atoms with Crippen molar-refractivity contribution < 1.29 is 27.5 Å². The van der Waals surface area contributed by atoms with Gasteiger partial charge in [-0.25, -0.2) is 14.8 Å². The van der Waals surface area contributed by atoms with Crippen LogP contribution in [0.3, 0.4) is 0 Å². The summed E-state index contributed by atoms with van der Waals surface area (Å²) in [7, 11) is 1.24. The van der Waals surface area contributed by atoms with Crippen LogP contribution in [0.4, 0.5) is 24.1 Å². The van der Waals surface area contributed by atoms with Gasteiger partial charge in [0.2, 0.25) is 5.91 Å². The van der Waals surface area contributed by atoms with Crippen LogP contribution < -0.4 is 10.2 Å². The van der Waals surface area contributed by atoms with Gasteiger partial charge in [-0.15, -0.1) is 0 Å². The van der Waals surface area contributed by atoms with E-state index in [-0.39, 0.29) is 28.3 Å². The number of pyridine rings is 1. The van der Waals surface area contributed by atoms with Gasteiger partial charge in [-0.2, -0.15) is 13.2 Å². The monoisotopic (exact) mass is 414 g/mol. The number of nitrogens with zero attached hydrogens (tertiary/aromatic N) is 3. The molecule has 28 heavy (non-hydrogen) atoms. The average Bonchev–Trinajstić information content (AvgIpc) is 3.15. The Morgan fingerprint density at radius 2 is 2.14 bits per heavy atom. The molecule has 150 valence electrons. The molecule has 0 radical (unpaired) electrons. The molecule has 0 saturated carbocycles. The number of nitrogens with one attached hydrogen (secondary N) is 1. The number of aromatic nitrogens is 2. The maximum absolute atomic E-state index is 13.3. The van der Waals surface area contributed by atoms with Crippen LogP contribution in [0.1, 0.15) is 28.1 Å². The smallest absolute Gasteiger partial charge is 0.419 e. The van der Waals surface area contributed by atoms with Gasteiger partial charge < -0.3 is 15.0 Å². The summed E-state index contributed by atoms with van der Waals surface area (Å²) >= 11 is 0.969. The zero-order valence-corrected chi connectivity index (χ0v) is 15.6. The van der Waals surface area contributed by atoms with Gasteiger partial charge in [0, 0.05) is 19.3 Å². The summed E-state index contributed by atoms with van der Waals surface area (Å²) < 4.78 is 44.3. The second-order valence-corrected chi connectivity index (χ2v) is 7.20. The van der Waals surface area contributed by atoms with Gasteiger partial charge in [-0.3, -0.25) is 4.79 Å². The summed E-state index contributed by atoms with van der Waals surface area (Å²) in [6.07, 6.45) is -0.839. The first-order chi connectivity index (χ1) is 13.3. The fourth-order valence-electron chi connectivity index (χ4n) is 2.99. The molecule has 1 N–H and O–H groups in total. The first-order valence-corrected chi connectivity index (χ1v) is 9.23. The minimum absolute atomic E-state index is 0.112. The highest BCUT2D eigenvalue weighted by Gasteiger charge is 2.37.